The summed E-state index contributed by atoms with van der Waals surface area (Å²) in [4.78, 5) is 0. The second-order valence-electron chi connectivity index (χ2n) is 5.16. The van der Waals surface area contributed by atoms with Gasteiger partial charge in [0.2, 0.25) is 5.62 Å². The third kappa shape index (κ3) is 3.55. The molecule has 1 atom stereocenters. The number of rotatable bonds is 5. The third-order valence-corrected chi connectivity index (χ3v) is 2.94. The first-order chi connectivity index (χ1) is 8.47. The molecular formula is C13H25N5. The molecule has 0 saturated heterocycles. The monoisotopic (exact) mass is 251 g/mol. The van der Waals surface area contributed by atoms with Crippen LogP contribution in [0.15, 0.2) is 27.8 Å². The summed E-state index contributed by atoms with van der Waals surface area (Å²) in [6.45, 7) is 12.7. The second kappa shape index (κ2) is 6.52. The second-order valence-corrected chi connectivity index (χ2v) is 5.16. The predicted molar refractivity (Wildman–Crippen MR) is 73.4 cm³/mol. The Hall–Kier alpha value is -1.39. The van der Waals surface area contributed by atoms with Gasteiger partial charge in [-0.25, -0.2) is 0 Å². The van der Waals surface area contributed by atoms with Crippen LogP contribution in [-0.4, -0.2) is 15.2 Å². The van der Waals surface area contributed by atoms with Crippen molar-refractivity contribution in [2.75, 3.05) is 0 Å². The van der Waals surface area contributed by atoms with Gasteiger partial charge >= 0.3 is 0 Å². The minimum atomic E-state index is 0.226. The molecule has 1 aromatic heterocycles. The highest BCUT2D eigenvalue weighted by atomic mass is 15.4. The molecule has 1 rings (SSSR count). The molecule has 0 aromatic carbocycles. The van der Waals surface area contributed by atoms with Gasteiger partial charge in [-0.1, -0.05) is 12.0 Å². The predicted octanol–water partition coefficient (Wildman–Crippen LogP) is 3.52. The van der Waals surface area contributed by atoms with E-state index in [1.165, 1.54) is 0 Å². The molecule has 5 heteroatoms. The van der Waals surface area contributed by atoms with Gasteiger partial charge in [0.05, 0.1) is 6.04 Å². The molecule has 1 unspecified atom stereocenters. The zero-order valence-electron chi connectivity index (χ0n) is 12.3. The summed E-state index contributed by atoms with van der Waals surface area (Å²) >= 11 is 0. The largest absolute Gasteiger partial charge is 0.313 e. The van der Waals surface area contributed by atoms with Crippen molar-refractivity contribution in [3.8, 4) is 0 Å². The van der Waals surface area contributed by atoms with Crippen molar-refractivity contribution >= 4 is 0 Å². The van der Waals surface area contributed by atoms with Gasteiger partial charge in [0.25, 0.3) is 0 Å². The quantitative estimate of drug-likeness (QED) is 0.568. The van der Waals surface area contributed by atoms with Crippen LogP contribution in [0.2, 0.25) is 0 Å². The lowest BCUT2D eigenvalue weighted by atomic mass is 10.3. The maximum absolute atomic E-state index is 4.28. The van der Waals surface area contributed by atoms with E-state index in [2.05, 4.69) is 59.2 Å². The molecule has 0 N–H and O–H groups in total. The normalized spacial score (nSPS) is 13.8. The molecular weight excluding hydrogens is 226 g/mol. The van der Waals surface area contributed by atoms with Crippen LogP contribution in [0.3, 0.4) is 0 Å². The number of nitrogens with zero attached hydrogens (tertiary/aromatic N) is 5. The minimum absolute atomic E-state index is 0.226. The zero-order valence-corrected chi connectivity index (χ0v) is 12.3. The lowest BCUT2D eigenvalue weighted by molar-refractivity contribution is 0.501. The molecule has 0 fully saturated rings. The standard InChI is InChI=1S/C13H25N5/c1-7-12(6)14-16-15-13-17(10(2)3)8-9-18(13)11(4)5/h8-12H,7H2,1-6H3. The van der Waals surface area contributed by atoms with E-state index in [1.807, 2.05) is 19.3 Å². The van der Waals surface area contributed by atoms with Crippen LogP contribution in [0.25, 0.3) is 0 Å². The van der Waals surface area contributed by atoms with E-state index in [0.29, 0.717) is 12.1 Å². The molecule has 5 nitrogen and oxygen atoms in total. The van der Waals surface area contributed by atoms with E-state index in [0.717, 1.165) is 12.0 Å². The smallest absolute Gasteiger partial charge is 0.232 e. The lowest BCUT2D eigenvalue weighted by Crippen LogP contribution is -2.27. The molecule has 18 heavy (non-hydrogen) atoms. The average Bonchev–Trinajstić information content (AvgIpc) is 2.72. The highest BCUT2D eigenvalue weighted by Crippen LogP contribution is 2.05. The average molecular weight is 251 g/mol. The minimum Gasteiger partial charge on any atom is -0.313 e. The summed E-state index contributed by atoms with van der Waals surface area (Å²) in [5.74, 6) is 0. The van der Waals surface area contributed by atoms with Gasteiger partial charge in [-0.3, -0.25) is 0 Å². The van der Waals surface area contributed by atoms with Gasteiger partial charge in [0, 0.05) is 24.5 Å². The lowest BCUT2D eigenvalue weighted by Gasteiger charge is -2.09. The first-order valence-corrected chi connectivity index (χ1v) is 6.70. The Balaban J connectivity index is 3.14. The van der Waals surface area contributed by atoms with Crippen LogP contribution >= 0.6 is 0 Å². The molecule has 1 aromatic rings. The van der Waals surface area contributed by atoms with E-state index >= 15 is 0 Å². The van der Waals surface area contributed by atoms with Crippen molar-refractivity contribution in [1.82, 2.24) is 9.13 Å². The summed E-state index contributed by atoms with van der Waals surface area (Å²) < 4.78 is 4.21. The third-order valence-electron chi connectivity index (χ3n) is 2.94. The van der Waals surface area contributed by atoms with Crippen LogP contribution in [0.1, 0.15) is 60.0 Å². The van der Waals surface area contributed by atoms with Gasteiger partial charge in [-0.15, -0.1) is 0 Å². The van der Waals surface area contributed by atoms with Crippen LogP contribution in [-0.2, 0) is 0 Å². The van der Waals surface area contributed by atoms with E-state index in [9.17, 15) is 0 Å². The van der Waals surface area contributed by atoms with Crippen molar-refractivity contribution < 1.29 is 0 Å². The van der Waals surface area contributed by atoms with Gasteiger partial charge in [0.1, 0.15) is 0 Å². The van der Waals surface area contributed by atoms with Crippen molar-refractivity contribution in [3.63, 3.8) is 0 Å². The molecule has 0 aliphatic carbocycles. The van der Waals surface area contributed by atoms with Crippen molar-refractivity contribution in [2.45, 2.75) is 66.1 Å². The van der Waals surface area contributed by atoms with Crippen LogP contribution in [0, 0.1) is 0 Å². The van der Waals surface area contributed by atoms with Crippen molar-refractivity contribution in [1.29, 1.82) is 0 Å². The highest BCUT2D eigenvalue weighted by Gasteiger charge is 2.07. The first-order valence-electron chi connectivity index (χ1n) is 6.70. The molecule has 0 spiro atoms. The molecule has 0 radical (unpaired) electrons. The molecule has 0 saturated carbocycles. The summed E-state index contributed by atoms with van der Waals surface area (Å²) in [5.41, 5.74) is 0.854. The Morgan fingerprint density at radius 2 is 1.50 bits per heavy atom. The van der Waals surface area contributed by atoms with Crippen LogP contribution in [0.5, 0.6) is 0 Å². The summed E-state index contributed by atoms with van der Waals surface area (Å²) in [7, 11) is 0. The fourth-order valence-corrected chi connectivity index (χ4v) is 1.56. The molecule has 0 aliphatic heterocycles. The Labute approximate surface area is 109 Å². The maximum Gasteiger partial charge on any atom is 0.232 e. The molecule has 0 bridgehead atoms. The van der Waals surface area contributed by atoms with E-state index < -0.39 is 0 Å². The fraction of sp³-hybridized carbons (Fsp3) is 0.769. The van der Waals surface area contributed by atoms with Crippen molar-refractivity contribution in [3.05, 3.63) is 18.0 Å². The SMILES string of the molecule is CCC(C)N=NN=c1n(C(C)C)ccn1C(C)C. The Bertz CT molecular complexity index is 422. The van der Waals surface area contributed by atoms with E-state index in [1.54, 1.807) is 0 Å². The summed E-state index contributed by atoms with van der Waals surface area (Å²) in [6.07, 6.45) is 5.07. The van der Waals surface area contributed by atoms with Gasteiger partial charge < -0.3 is 9.13 Å². The zero-order chi connectivity index (χ0) is 13.7. The van der Waals surface area contributed by atoms with Gasteiger partial charge in [-0.2, -0.15) is 5.11 Å². The maximum atomic E-state index is 4.28. The fourth-order valence-electron chi connectivity index (χ4n) is 1.56. The molecule has 102 valence electrons. The number of hydrogen-bond acceptors (Lipinski definition) is 2. The molecule has 0 amide bonds. The van der Waals surface area contributed by atoms with Gasteiger partial charge in [-0.05, 0) is 46.3 Å². The first kappa shape index (κ1) is 14.7. The number of hydrogen-bond donors (Lipinski definition) is 0. The highest BCUT2D eigenvalue weighted by molar-refractivity contribution is 4.84. The number of imidazole rings is 1. The molecule has 1 heterocycles. The van der Waals surface area contributed by atoms with Crippen LogP contribution < -0.4 is 5.62 Å². The van der Waals surface area contributed by atoms with E-state index in [4.69, 9.17) is 0 Å². The van der Waals surface area contributed by atoms with Gasteiger partial charge in [0.15, 0.2) is 0 Å². The Morgan fingerprint density at radius 1 is 1.00 bits per heavy atom. The molecule has 0 aliphatic rings. The van der Waals surface area contributed by atoms with Crippen LogP contribution in [0.4, 0.5) is 0 Å². The number of aromatic nitrogens is 2. The summed E-state index contributed by atoms with van der Waals surface area (Å²) in [6, 6.07) is 0.953. The topological polar surface area (TPSA) is 46.9 Å². The van der Waals surface area contributed by atoms with Crippen molar-refractivity contribution in [2.24, 2.45) is 15.4 Å². The Morgan fingerprint density at radius 3 is 1.89 bits per heavy atom. The summed E-state index contributed by atoms with van der Waals surface area (Å²) in [5, 5.41) is 12.4. The Kier molecular flexibility index (Phi) is 5.31. The van der Waals surface area contributed by atoms with E-state index in [-0.39, 0.29) is 6.04 Å².